The largest absolute Gasteiger partial charge is 0.0622 e. The van der Waals surface area contributed by atoms with Crippen LogP contribution in [0.2, 0.25) is 0 Å². The Morgan fingerprint density at radius 2 is 0.571 bits per heavy atom. The minimum absolute atomic E-state index is 1.23. The summed E-state index contributed by atoms with van der Waals surface area (Å²) in [5, 5.41) is 7.60. The summed E-state index contributed by atoms with van der Waals surface area (Å²) in [6.45, 7) is 0. The van der Waals surface area contributed by atoms with Crippen LogP contribution in [-0.2, 0) is 0 Å². The normalized spacial score (nSPS) is 11.3. The molecule has 8 aromatic rings. The second-order valence-corrected chi connectivity index (χ2v) is 10.9. The van der Waals surface area contributed by atoms with E-state index in [0.717, 1.165) is 0 Å². The van der Waals surface area contributed by atoms with Crippen LogP contribution in [0.3, 0.4) is 0 Å². The van der Waals surface area contributed by atoms with Crippen LogP contribution in [0, 0.1) is 0 Å². The van der Waals surface area contributed by atoms with Gasteiger partial charge in [0.1, 0.15) is 0 Å². The maximum atomic E-state index is 2.40. The topological polar surface area (TPSA) is 0 Å². The second kappa shape index (κ2) is 10.2. The van der Waals surface area contributed by atoms with Crippen molar-refractivity contribution in [1.29, 1.82) is 0 Å². The minimum Gasteiger partial charge on any atom is -0.0622 e. The molecule has 0 unspecified atom stereocenters. The summed E-state index contributed by atoms with van der Waals surface area (Å²) in [7, 11) is 0. The number of fused-ring (bicyclic) bond motifs is 3. The average Bonchev–Trinajstić information content (AvgIpc) is 3.07. The molecule has 0 atom stereocenters. The van der Waals surface area contributed by atoms with Crippen molar-refractivity contribution in [2.24, 2.45) is 0 Å². The molecule has 0 saturated carbocycles. The molecule has 0 bridgehead atoms. The maximum Gasteiger partial charge on any atom is -0.00262 e. The Kier molecular flexibility index (Phi) is 5.90. The fraction of sp³-hybridized carbons (Fsp3) is 0. The smallest absolute Gasteiger partial charge is 0.00262 e. The van der Waals surface area contributed by atoms with Crippen LogP contribution in [0.25, 0.3) is 76.8 Å². The molecule has 0 spiro atoms. The molecule has 0 radical (unpaired) electrons. The van der Waals surface area contributed by atoms with Crippen LogP contribution in [0.1, 0.15) is 0 Å². The lowest BCUT2D eigenvalue weighted by Crippen LogP contribution is -1.91. The van der Waals surface area contributed by atoms with Gasteiger partial charge in [-0.05, 0) is 101 Å². The van der Waals surface area contributed by atoms with Gasteiger partial charge in [-0.2, -0.15) is 0 Å². The number of hydrogen-bond donors (Lipinski definition) is 0. The van der Waals surface area contributed by atoms with Crippen molar-refractivity contribution < 1.29 is 0 Å². The standard InChI is InChI=1S/C42H28/c1-3-13-29(14-4-1)31-19-11-21-35(25-31)41-37-23-9-7-17-33(37)28-40-39(41)27-34-18-8-10-24-38(34)42(40)36-22-12-20-32(26-36)30-15-5-2-6-16-30/h1-28H. The summed E-state index contributed by atoms with van der Waals surface area (Å²) in [6.07, 6.45) is 0. The first-order chi connectivity index (χ1) is 20.8. The fourth-order valence-electron chi connectivity index (χ4n) is 6.46. The molecular formula is C42H28. The van der Waals surface area contributed by atoms with Crippen molar-refractivity contribution >= 4 is 32.3 Å². The van der Waals surface area contributed by atoms with Gasteiger partial charge in [-0.15, -0.1) is 0 Å². The van der Waals surface area contributed by atoms with E-state index in [2.05, 4.69) is 170 Å². The Hall–Kier alpha value is -5.46. The minimum atomic E-state index is 1.23. The van der Waals surface area contributed by atoms with Gasteiger partial charge in [-0.1, -0.05) is 146 Å². The van der Waals surface area contributed by atoms with E-state index in [1.807, 2.05) is 0 Å². The zero-order chi connectivity index (χ0) is 27.9. The Balaban J connectivity index is 1.47. The third-order valence-corrected chi connectivity index (χ3v) is 8.41. The Morgan fingerprint density at radius 1 is 0.214 bits per heavy atom. The van der Waals surface area contributed by atoms with Crippen molar-refractivity contribution in [3.63, 3.8) is 0 Å². The molecule has 42 heavy (non-hydrogen) atoms. The molecule has 8 aromatic carbocycles. The highest BCUT2D eigenvalue weighted by molar-refractivity contribution is 6.22. The van der Waals surface area contributed by atoms with Crippen LogP contribution in [0.15, 0.2) is 170 Å². The first-order valence-electron chi connectivity index (χ1n) is 14.5. The third kappa shape index (κ3) is 4.17. The Bertz CT molecular complexity index is 2060. The lowest BCUT2D eigenvalue weighted by molar-refractivity contribution is 1.61. The molecule has 8 rings (SSSR count). The summed E-state index contributed by atoms with van der Waals surface area (Å²) in [5.74, 6) is 0. The van der Waals surface area contributed by atoms with Crippen molar-refractivity contribution in [1.82, 2.24) is 0 Å². The lowest BCUT2D eigenvalue weighted by Gasteiger charge is -2.18. The first kappa shape index (κ1) is 24.3. The quantitative estimate of drug-likeness (QED) is 0.198. The van der Waals surface area contributed by atoms with Crippen molar-refractivity contribution in [2.45, 2.75) is 0 Å². The van der Waals surface area contributed by atoms with Gasteiger partial charge in [0.15, 0.2) is 0 Å². The third-order valence-electron chi connectivity index (χ3n) is 8.41. The van der Waals surface area contributed by atoms with E-state index in [1.165, 1.54) is 76.8 Å². The van der Waals surface area contributed by atoms with Crippen LogP contribution in [0.5, 0.6) is 0 Å². The van der Waals surface area contributed by atoms with Crippen molar-refractivity contribution in [3.05, 3.63) is 170 Å². The molecule has 0 heteroatoms. The van der Waals surface area contributed by atoms with Crippen molar-refractivity contribution in [2.75, 3.05) is 0 Å². The van der Waals surface area contributed by atoms with E-state index in [9.17, 15) is 0 Å². The Morgan fingerprint density at radius 3 is 1.02 bits per heavy atom. The van der Waals surface area contributed by atoms with Gasteiger partial charge >= 0.3 is 0 Å². The van der Waals surface area contributed by atoms with Crippen LogP contribution in [0.4, 0.5) is 0 Å². The number of rotatable bonds is 4. The number of hydrogen-bond acceptors (Lipinski definition) is 0. The van der Waals surface area contributed by atoms with Gasteiger partial charge < -0.3 is 0 Å². The SMILES string of the molecule is c1ccc(-c2cccc(-c3c4ccccc4cc4c(-c5cccc(-c6ccccc6)c5)c5ccccc5cc34)c2)cc1. The highest BCUT2D eigenvalue weighted by atomic mass is 14.2. The van der Waals surface area contributed by atoms with E-state index in [1.54, 1.807) is 0 Å². The average molecular weight is 533 g/mol. The lowest BCUT2D eigenvalue weighted by atomic mass is 9.85. The fourth-order valence-corrected chi connectivity index (χ4v) is 6.46. The summed E-state index contributed by atoms with van der Waals surface area (Å²) in [6, 6.07) is 61.8. The van der Waals surface area contributed by atoms with E-state index in [-0.39, 0.29) is 0 Å². The van der Waals surface area contributed by atoms with Gasteiger partial charge in [0, 0.05) is 0 Å². The molecule has 0 aromatic heterocycles. The van der Waals surface area contributed by atoms with Crippen LogP contribution in [-0.4, -0.2) is 0 Å². The van der Waals surface area contributed by atoms with Gasteiger partial charge in [0.25, 0.3) is 0 Å². The molecule has 0 aliphatic carbocycles. The van der Waals surface area contributed by atoms with Crippen LogP contribution < -0.4 is 0 Å². The molecule has 0 N–H and O–H groups in total. The van der Waals surface area contributed by atoms with Gasteiger partial charge in [0.2, 0.25) is 0 Å². The molecule has 0 fully saturated rings. The van der Waals surface area contributed by atoms with Crippen LogP contribution >= 0.6 is 0 Å². The predicted octanol–water partition coefficient (Wildman–Crippen LogP) is 11.8. The molecule has 0 aliphatic heterocycles. The van der Waals surface area contributed by atoms with E-state index >= 15 is 0 Å². The number of benzene rings is 8. The molecule has 0 nitrogen and oxygen atoms in total. The monoisotopic (exact) mass is 532 g/mol. The highest BCUT2D eigenvalue weighted by Gasteiger charge is 2.17. The maximum absolute atomic E-state index is 2.40. The van der Waals surface area contributed by atoms with Gasteiger partial charge in [0.05, 0.1) is 0 Å². The molecule has 196 valence electrons. The van der Waals surface area contributed by atoms with E-state index in [0.29, 0.717) is 0 Å². The van der Waals surface area contributed by atoms with E-state index < -0.39 is 0 Å². The van der Waals surface area contributed by atoms with Gasteiger partial charge in [-0.3, -0.25) is 0 Å². The summed E-state index contributed by atoms with van der Waals surface area (Å²) in [4.78, 5) is 0. The zero-order valence-corrected chi connectivity index (χ0v) is 23.2. The molecule has 0 aliphatic rings. The first-order valence-corrected chi connectivity index (χ1v) is 14.5. The molecule has 0 saturated heterocycles. The van der Waals surface area contributed by atoms with Crippen molar-refractivity contribution in [3.8, 4) is 44.5 Å². The summed E-state index contributed by atoms with van der Waals surface area (Å²) >= 11 is 0. The summed E-state index contributed by atoms with van der Waals surface area (Å²) < 4.78 is 0. The predicted molar refractivity (Wildman–Crippen MR) is 181 cm³/mol. The molecule has 0 heterocycles. The Labute approximate surface area is 246 Å². The van der Waals surface area contributed by atoms with Gasteiger partial charge in [-0.25, -0.2) is 0 Å². The molecular weight excluding hydrogens is 504 g/mol. The molecule has 0 amide bonds. The van der Waals surface area contributed by atoms with E-state index in [4.69, 9.17) is 0 Å². The zero-order valence-electron chi connectivity index (χ0n) is 23.2. The highest BCUT2D eigenvalue weighted by Crippen LogP contribution is 2.44. The second-order valence-electron chi connectivity index (χ2n) is 10.9. The summed E-state index contributed by atoms with van der Waals surface area (Å²) in [5.41, 5.74) is 9.95.